The summed E-state index contributed by atoms with van der Waals surface area (Å²) in [7, 11) is 10.2. The maximum Gasteiger partial charge on any atom is 0.160 e. The molecule has 0 amide bonds. The van der Waals surface area contributed by atoms with Crippen LogP contribution in [0.2, 0.25) is 0 Å². The number of hydrogen-bond acceptors (Lipinski definition) is 0. The average molecular weight is 284 g/mol. The van der Waals surface area contributed by atoms with Crippen LogP contribution in [-0.4, -0.2) is 18.7 Å². The molecule has 11 heavy (non-hydrogen) atoms. The lowest BCUT2D eigenvalue weighted by molar-refractivity contribution is 1.51. The predicted octanol–water partition coefficient (Wildman–Crippen LogP) is 4.38. The molecule has 6 unspecified atom stereocenters. The van der Waals surface area contributed by atoms with Crippen LogP contribution < -0.4 is 0 Å². The molecule has 0 heterocycles. The number of hydrogen-bond donors (Lipinski definition) is 0. The quantitative estimate of drug-likeness (QED) is 0.657. The van der Waals surface area contributed by atoms with Crippen molar-refractivity contribution < 1.29 is 0 Å². The van der Waals surface area contributed by atoms with E-state index in [2.05, 4.69) is 40.4 Å². The molecule has 0 radical (unpaired) electrons. The van der Waals surface area contributed by atoms with E-state index in [0.29, 0.717) is 0 Å². The molecule has 0 aromatic carbocycles. The zero-order chi connectivity index (χ0) is 8.85. The Morgan fingerprint density at radius 1 is 1.45 bits per heavy atom. The van der Waals surface area contributed by atoms with Crippen LogP contribution in [0.15, 0.2) is 0 Å². The minimum atomic E-state index is 0.0000206. The molecule has 0 aromatic rings. The van der Waals surface area contributed by atoms with Crippen molar-refractivity contribution in [1.82, 2.24) is 0 Å². The van der Waals surface area contributed by atoms with E-state index in [1.54, 1.807) is 5.90 Å². The van der Waals surface area contributed by atoms with Crippen LogP contribution in [0.25, 0.3) is 0 Å². The molecule has 7 heteroatoms. The van der Waals surface area contributed by atoms with Crippen LogP contribution in [0.1, 0.15) is 6.92 Å². The maximum absolute atomic E-state index is 2.99. The molecule has 0 saturated heterocycles. The minimum absolute atomic E-state index is 0.0000206. The smallest absolute Gasteiger partial charge is 0.0727 e. The summed E-state index contributed by atoms with van der Waals surface area (Å²) in [5.74, 6) is 1.60. The van der Waals surface area contributed by atoms with E-state index < -0.39 is 0 Å². The van der Waals surface area contributed by atoms with Gasteiger partial charge in [0.2, 0.25) is 0 Å². The van der Waals surface area contributed by atoms with Crippen molar-refractivity contribution in [3.8, 4) is 0 Å². The summed E-state index contributed by atoms with van der Waals surface area (Å²) >= 11 is 0. The molecular weight excluding hydrogens is 265 g/mol. The molecule has 0 bridgehead atoms. The van der Waals surface area contributed by atoms with Crippen molar-refractivity contribution in [3.05, 3.63) is 0 Å². The SMILES string of the molecule is CC[PH+](C[PH+](C)P(P)P)PP. The first-order valence-corrected chi connectivity index (χ1v) is 16.9. The standard InChI is InChI=1S/C4H17P7/c1-3-10(8-5)4-9(2)11(6)7/h8H,3-7H2,1-2H3/p+2. The molecule has 0 saturated carbocycles. The second-order valence-corrected chi connectivity index (χ2v) is 26.0. The van der Waals surface area contributed by atoms with E-state index in [0.717, 1.165) is 0 Å². The Balaban J connectivity index is 3.62. The van der Waals surface area contributed by atoms with Gasteiger partial charge < -0.3 is 0 Å². The molecule has 0 aromatic heterocycles. The van der Waals surface area contributed by atoms with Gasteiger partial charge in [0.25, 0.3) is 0 Å². The second kappa shape index (κ2) is 8.33. The van der Waals surface area contributed by atoms with Crippen LogP contribution in [0.5, 0.6) is 0 Å². The molecule has 6 atom stereocenters. The molecular formula is C4H19P7+2. The summed E-state index contributed by atoms with van der Waals surface area (Å²) in [5.41, 5.74) is 0. The zero-order valence-electron chi connectivity index (χ0n) is 7.09. The van der Waals surface area contributed by atoms with Gasteiger partial charge in [-0.1, -0.05) is 26.8 Å². The van der Waals surface area contributed by atoms with Crippen LogP contribution in [-0.2, 0) is 0 Å². The van der Waals surface area contributed by atoms with Gasteiger partial charge in [0.1, 0.15) is 0 Å². The van der Waals surface area contributed by atoms with E-state index >= 15 is 0 Å². The first-order valence-electron chi connectivity index (χ1n) is 3.55. The molecule has 0 spiro atoms. The fraction of sp³-hybridized carbons (Fsp3) is 1.00. The Morgan fingerprint density at radius 2 is 2.00 bits per heavy atom. The van der Waals surface area contributed by atoms with Crippen LogP contribution in [0.4, 0.5) is 0 Å². The van der Waals surface area contributed by atoms with E-state index in [-0.39, 0.29) is 22.2 Å². The van der Waals surface area contributed by atoms with Crippen molar-refractivity contribution in [3.63, 3.8) is 0 Å². The predicted molar refractivity (Wildman–Crippen MR) is 82.3 cm³/mol. The highest BCUT2D eigenvalue weighted by Crippen LogP contribution is 2.82. The van der Waals surface area contributed by atoms with Gasteiger partial charge in [-0.05, 0) is 6.92 Å². The second-order valence-electron chi connectivity index (χ2n) is 2.42. The third-order valence-corrected chi connectivity index (χ3v) is 27.0. The average Bonchev–Trinajstić information content (AvgIpc) is 1.99. The number of rotatable bonds is 5. The monoisotopic (exact) mass is 284 g/mol. The van der Waals surface area contributed by atoms with Crippen molar-refractivity contribution in [2.75, 3.05) is 18.7 Å². The Bertz CT molecular complexity index is 90.4. The summed E-state index contributed by atoms with van der Waals surface area (Å²) in [6.45, 7) is 5.09. The third-order valence-electron chi connectivity index (χ3n) is 1.54. The Morgan fingerprint density at radius 3 is 2.27 bits per heavy atom. The molecule has 0 aliphatic rings. The molecule has 0 rings (SSSR count). The molecule has 0 aliphatic heterocycles. The maximum atomic E-state index is 2.99. The van der Waals surface area contributed by atoms with Gasteiger partial charge >= 0.3 is 0 Å². The van der Waals surface area contributed by atoms with Gasteiger partial charge in [-0.15, -0.1) is 0 Å². The fourth-order valence-corrected chi connectivity index (χ4v) is 23.6. The zero-order valence-corrected chi connectivity index (χ0v) is 14.5. The van der Waals surface area contributed by atoms with Crippen molar-refractivity contribution >= 4 is 57.0 Å². The van der Waals surface area contributed by atoms with E-state index in [1.165, 1.54) is 14.1 Å². The highest BCUT2D eigenvalue weighted by Gasteiger charge is 2.24. The first-order chi connectivity index (χ1) is 5.11. The van der Waals surface area contributed by atoms with Crippen LogP contribution >= 0.6 is 57.0 Å². The fourth-order valence-electron chi connectivity index (χ4n) is 0.678. The van der Waals surface area contributed by atoms with Gasteiger partial charge in [-0.2, -0.15) is 0 Å². The summed E-state index contributed by atoms with van der Waals surface area (Å²) in [6, 6.07) is 0. The minimum Gasteiger partial charge on any atom is -0.0727 e. The van der Waals surface area contributed by atoms with Crippen LogP contribution in [0.3, 0.4) is 0 Å². The van der Waals surface area contributed by atoms with Gasteiger partial charge in [-0.25, -0.2) is 0 Å². The van der Waals surface area contributed by atoms with E-state index in [4.69, 9.17) is 0 Å². The normalized spacial score (nSPS) is 18.0. The third kappa shape index (κ3) is 7.00. The Kier molecular flexibility index (Phi) is 10.6. The van der Waals surface area contributed by atoms with E-state index in [1.807, 2.05) is 0 Å². The lowest BCUT2D eigenvalue weighted by atomic mass is 11.0. The highest BCUT2D eigenvalue weighted by molar-refractivity contribution is 8.73. The van der Waals surface area contributed by atoms with Gasteiger partial charge in [0.15, 0.2) is 5.90 Å². The van der Waals surface area contributed by atoms with Gasteiger partial charge in [0, 0.05) is 0 Å². The molecule has 0 nitrogen and oxygen atoms in total. The lowest BCUT2D eigenvalue weighted by Crippen LogP contribution is -1.75. The first kappa shape index (κ1) is 14.0. The highest BCUT2D eigenvalue weighted by atomic mass is 32.7. The van der Waals surface area contributed by atoms with Crippen molar-refractivity contribution in [2.45, 2.75) is 6.92 Å². The van der Waals surface area contributed by atoms with Crippen molar-refractivity contribution in [2.24, 2.45) is 0 Å². The molecule has 0 aliphatic carbocycles. The largest absolute Gasteiger partial charge is 0.160 e. The summed E-state index contributed by atoms with van der Waals surface area (Å²) in [4.78, 5) is 0. The summed E-state index contributed by atoms with van der Waals surface area (Å²) in [6.07, 6.45) is 1.47. The molecule has 0 N–H and O–H groups in total. The van der Waals surface area contributed by atoms with Gasteiger partial charge in [-0.3, -0.25) is 0 Å². The van der Waals surface area contributed by atoms with Gasteiger partial charge in [0.05, 0.1) is 43.0 Å². The van der Waals surface area contributed by atoms with Crippen molar-refractivity contribution in [1.29, 1.82) is 0 Å². The van der Waals surface area contributed by atoms with E-state index in [9.17, 15) is 0 Å². The Labute approximate surface area is 82.7 Å². The summed E-state index contributed by atoms with van der Waals surface area (Å²) in [5, 5.41) is 0. The van der Waals surface area contributed by atoms with Crippen LogP contribution in [0, 0.1) is 0 Å². The summed E-state index contributed by atoms with van der Waals surface area (Å²) < 4.78 is 0. The topological polar surface area (TPSA) is 0 Å². The Hall–Kier alpha value is 3.01. The lowest BCUT2D eigenvalue weighted by Gasteiger charge is -2.09. The molecule has 0 fully saturated rings. The molecule has 68 valence electrons.